The molecule has 0 fully saturated rings. The molecule has 0 saturated carbocycles. The Hall–Kier alpha value is -0.910. The molecule has 2 N–H and O–H groups in total. The summed E-state index contributed by atoms with van der Waals surface area (Å²) in [5.74, 6) is 0.390. The molecule has 0 amide bonds. The molecule has 100 valence electrons. The van der Waals surface area contributed by atoms with Crippen molar-refractivity contribution < 1.29 is 9.13 Å². The van der Waals surface area contributed by atoms with Crippen LogP contribution in [0, 0.1) is 5.82 Å². The van der Waals surface area contributed by atoms with Crippen LogP contribution >= 0.6 is 31.9 Å². The molecule has 0 bridgehead atoms. The Morgan fingerprint density at radius 3 is 2.47 bits per heavy atom. The SMILES string of the molecule is COc1ccc(C(N)c2ccc(Br)cc2F)cc1Br. The first-order chi connectivity index (χ1) is 9.02. The Bertz CT molecular complexity index is 604. The molecule has 0 radical (unpaired) electrons. The molecule has 2 rings (SSSR count). The molecule has 1 atom stereocenters. The van der Waals surface area contributed by atoms with Crippen molar-refractivity contribution >= 4 is 31.9 Å². The predicted octanol–water partition coefficient (Wildman–Crippen LogP) is 4.41. The summed E-state index contributed by atoms with van der Waals surface area (Å²) in [5.41, 5.74) is 7.38. The minimum atomic E-state index is -0.518. The average Bonchev–Trinajstić information content (AvgIpc) is 2.38. The zero-order valence-electron chi connectivity index (χ0n) is 10.2. The summed E-state index contributed by atoms with van der Waals surface area (Å²) in [7, 11) is 1.59. The molecule has 5 heteroatoms. The summed E-state index contributed by atoms with van der Waals surface area (Å²) < 4.78 is 20.5. The Kier molecular flexibility index (Phi) is 4.60. The van der Waals surface area contributed by atoms with Crippen LogP contribution in [0.4, 0.5) is 4.39 Å². The second-order valence-corrected chi connectivity index (χ2v) is 5.81. The van der Waals surface area contributed by atoms with Gasteiger partial charge in [-0.25, -0.2) is 4.39 Å². The van der Waals surface area contributed by atoms with E-state index in [0.717, 1.165) is 10.0 Å². The number of rotatable bonds is 3. The lowest BCUT2D eigenvalue weighted by atomic mass is 9.99. The van der Waals surface area contributed by atoms with E-state index in [1.54, 1.807) is 25.3 Å². The summed E-state index contributed by atoms with van der Waals surface area (Å²) in [4.78, 5) is 0. The van der Waals surface area contributed by atoms with Gasteiger partial charge in [-0.15, -0.1) is 0 Å². The summed E-state index contributed by atoms with van der Waals surface area (Å²) >= 11 is 6.62. The van der Waals surface area contributed by atoms with Crippen molar-refractivity contribution in [3.63, 3.8) is 0 Å². The van der Waals surface area contributed by atoms with Gasteiger partial charge in [-0.2, -0.15) is 0 Å². The van der Waals surface area contributed by atoms with Crippen molar-refractivity contribution in [3.05, 3.63) is 62.3 Å². The van der Waals surface area contributed by atoms with Crippen LogP contribution in [0.15, 0.2) is 45.3 Å². The third-order valence-electron chi connectivity index (χ3n) is 2.83. The van der Waals surface area contributed by atoms with E-state index >= 15 is 0 Å². The quantitative estimate of drug-likeness (QED) is 0.845. The highest BCUT2D eigenvalue weighted by Crippen LogP contribution is 2.30. The second-order valence-electron chi connectivity index (χ2n) is 4.04. The minimum absolute atomic E-state index is 0.325. The monoisotopic (exact) mass is 387 g/mol. The second kappa shape index (κ2) is 6.03. The molecule has 0 spiro atoms. The fourth-order valence-corrected chi connectivity index (χ4v) is 2.70. The van der Waals surface area contributed by atoms with Crippen molar-refractivity contribution in [2.24, 2.45) is 5.73 Å². The van der Waals surface area contributed by atoms with Crippen LogP contribution in [-0.4, -0.2) is 7.11 Å². The smallest absolute Gasteiger partial charge is 0.133 e. The number of ether oxygens (including phenoxy) is 1. The van der Waals surface area contributed by atoms with Crippen molar-refractivity contribution in [1.29, 1.82) is 0 Å². The maximum Gasteiger partial charge on any atom is 0.133 e. The van der Waals surface area contributed by atoms with Gasteiger partial charge in [-0.3, -0.25) is 0 Å². The summed E-state index contributed by atoms with van der Waals surface area (Å²) in [5, 5.41) is 0. The van der Waals surface area contributed by atoms with Crippen LogP contribution in [0.2, 0.25) is 0 Å². The normalized spacial score (nSPS) is 12.3. The molecule has 19 heavy (non-hydrogen) atoms. The Balaban J connectivity index is 2.38. The topological polar surface area (TPSA) is 35.2 Å². The van der Waals surface area contributed by atoms with Crippen LogP contribution in [-0.2, 0) is 0 Å². The van der Waals surface area contributed by atoms with Gasteiger partial charge < -0.3 is 10.5 Å². The minimum Gasteiger partial charge on any atom is -0.496 e. The highest BCUT2D eigenvalue weighted by atomic mass is 79.9. The molecular weight excluding hydrogens is 377 g/mol. The molecule has 0 heterocycles. The van der Waals surface area contributed by atoms with Crippen LogP contribution in [0.5, 0.6) is 5.75 Å². The Morgan fingerprint density at radius 1 is 1.16 bits per heavy atom. The standard InChI is InChI=1S/C14H12Br2FNO/c1-19-13-5-2-8(6-11(13)16)14(18)10-4-3-9(15)7-12(10)17/h2-7,14H,18H2,1H3. The van der Waals surface area contributed by atoms with Gasteiger partial charge in [-0.05, 0) is 45.8 Å². The third-order valence-corrected chi connectivity index (χ3v) is 3.95. The van der Waals surface area contributed by atoms with Gasteiger partial charge >= 0.3 is 0 Å². The Labute approximate surface area is 128 Å². The van der Waals surface area contributed by atoms with Crippen LogP contribution in [0.1, 0.15) is 17.2 Å². The fourth-order valence-electron chi connectivity index (χ4n) is 1.81. The zero-order valence-corrected chi connectivity index (χ0v) is 13.3. The van der Waals surface area contributed by atoms with Crippen molar-refractivity contribution in [2.45, 2.75) is 6.04 Å². The van der Waals surface area contributed by atoms with E-state index < -0.39 is 6.04 Å². The van der Waals surface area contributed by atoms with Gasteiger partial charge in [0.1, 0.15) is 11.6 Å². The molecule has 1 unspecified atom stereocenters. The molecule has 0 aromatic heterocycles. The van der Waals surface area contributed by atoms with Gasteiger partial charge in [-0.1, -0.05) is 28.1 Å². The maximum absolute atomic E-state index is 13.9. The number of hydrogen-bond acceptors (Lipinski definition) is 2. The van der Waals surface area contributed by atoms with Gasteiger partial charge in [0, 0.05) is 10.0 Å². The van der Waals surface area contributed by atoms with E-state index in [-0.39, 0.29) is 5.82 Å². The summed E-state index contributed by atoms with van der Waals surface area (Å²) in [6.45, 7) is 0. The van der Waals surface area contributed by atoms with E-state index in [0.29, 0.717) is 15.8 Å². The van der Waals surface area contributed by atoms with E-state index in [1.165, 1.54) is 6.07 Å². The number of methoxy groups -OCH3 is 1. The van der Waals surface area contributed by atoms with E-state index in [2.05, 4.69) is 31.9 Å². The van der Waals surface area contributed by atoms with Crippen LogP contribution in [0.25, 0.3) is 0 Å². The van der Waals surface area contributed by atoms with Crippen molar-refractivity contribution in [3.8, 4) is 5.75 Å². The molecular formula is C14H12Br2FNO. The molecule has 0 aliphatic heterocycles. The highest BCUT2D eigenvalue weighted by Gasteiger charge is 2.15. The lowest BCUT2D eigenvalue weighted by molar-refractivity contribution is 0.412. The van der Waals surface area contributed by atoms with Gasteiger partial charge in [0.15, 0.2) is 0 Å². The number of hydrogen-bond donors (Lipinski definition) is 1. The van der Waals surface area contributed by atoms with E-state index in [9.17, 15) is 4.39 Å². The highest BCUT2D eigenvalue weighted by molar-refractivity contribution is 9.10. The molecule has 2 nitrogen and oxygen atoms in total. The van der Waals surface area contributed by atoms with E-state index in [1.807, 2.05) is 12.1 Å². The largest absolute Gasteiger partial charge is 0.496 e. The lowest BCUT2D eigenvalue weighted by Gasteiger charge is -2.15. The van der Waals surface area contributed by atoms with Crippen LogP contribution in [0.3, 0.4) is 0 Å². The molecule has 0 saturated heterocycles. The number of halogens is 3. The first-order valence-corrected chi connectivity index (χ1v) is 7.15. The number of benzene rings is 2. The summed E-state index contributed by atoms with van der Waals surface area (Å²) in [6, 6.07) is 9.82. The zero-order chi connectivity index (χ0) is 14.0. The molecule has 0 aliphatic carbocycles. The number of nitrogens with two attached hydrogens (primary N) is 1. The maximum atomic E-state index is 13.9. The molecule has 2 aromatic rings. The predicted molar refractivity (Wildman–Crippen MR) is 80.8 cm³/mol. The van der Waals surface area contributed by atoms with Gasteiger partial charge in [0.25, 0.3) is 0 Å². The van der Waals surface area contributed by atoms with Crippen molar-refractivity contribution in [1.82, 2.24) is 0 Å². The summed E-state index contributed by atoms with van der Waals surface area (Å²) in [6.07, 6.45) is 0. The first-order valence-electron chi connectivity index (χ1n) is 5.57. The van der Waals surface area contributed by atoms with Gasteiger partial charge in [0.05, 0.1) is 17.6 Å². The molecule has 0 aliphatic rings. The van der Waals surface area contributed by atoms with Crippen molar-refractivity contribution in [2.75, 3.05) is 7.11 Å². The average molecular weight is 389 g/mol. The van der Waals surface area contributed by atoms with E-state index in [4.69, 9.17) is 10.5 Å². The fraction of sp³-hybridized carbons (Fsp3) is 0.143. The lowest BCUT2D eigenvalue weighted by Crippen LogP contribution is -2.13. The third kappa shape index (κ3) is 3.16. The first kappa shape index (κ1) is 14.5. The van der Waals surface area contributed by atoms with Crippen LogP contribution < -0.4 is 10.5 Å². The Morgan fingerprint density at radius 2 is 1.89 bits per heavy atom. The van der Waals surface area contributed by atoms with Gasteiger partial charge in [0.2, 0.25) is 0 Å². The molecule has 2 aromatic carbocycles.